The smallest absolute Gasteiger partial charge is 0.335 e. The van der Waals surface area contributed by atoms with E-state index in [1.54, 1.807) is 6.92 Å². The van der Waals surface area contributed by atoms with Gasteiger partial charge in [0.2, 0.25) is 0 Å². The Hall–Kier alpha value is -2.28. The first-order valence-electron chi connectivity index (χ1n) is 9.24. The number of hydrogen-bond acceptors (Lipinski definition) is 8. The van der Waals surface area contributed by atoms with E-state index in [1.165, 1.54) is 0 Å². The summed E-state index contributed by atoms with van der Waals surface area (Å²) in [5, 5.41) is 33.1. The van der Waals surface area contributed by atoms with Crippen molar-refractivity contribution in [2.75, 3.05) is 46.2 Å². The highest BCUT2D eigenvalue weighted by molar-refractivity contribution is 5.76. The van der Waals surface area contributed by atoms with Crippen LogP contribution in [-0.4, -0.2) is 96.7 Å². The highest BCUT2D eigenvalue weighted by Crippen LogP contribution is 2.30. The monoisotopic (exact) mass is 436 g/mol. The third-order valence-corrected chi connectivity index (χ3v) is 4.84. The van der Waals surface area contributed by atoms with E-state index in [-0.39, 0.29) is 5.92 Å². The van der Waals surface area contributed by atoms with Crippen molar-refractivity contribution in [3.05, 3.63) is 0 Å². The first-order chi connectivity index (χ1) is 14.0. The van der Waals surface area contributed by atoms with Crippen LogP contribution in [0.4, 0.5) is 0 Å². The number of carboxylic acids is 4. The summed E-state index contributed by atoms with van der Waals surface area (Å²) in [5.41, 5.74) is -1.12. The molecule has 1 unspecified atom stereocenters. The SMILES string of the molecule is CC1(C(=O)O)COC1.CCC1(C(=O)O)COC1.O=C(O)C1CO1.O=C(O)C1COC1. The van der Waals surface area contributed by atoms with Gasteiger partial charge >= 0.3 is 23.9 Å². The van der Waals surface area contributed by atoms with Crippen LogP contribution in [0.25, 0.3) is 0 Å². The van der Waals surface area contributed by atoms with Crippen LogP contribution < -0.4 is 0 Å². The lowest BCUT2D eigenvalue weighted by atomic mass is 9.83. The third kappa shape index (κ3) is 7.52. The Morgan fingerprint density at radius 2 is 1.30 bits per heavy atom. The molecule has 0 aromatic carbocycles. The predicted molar refractivity (Wildman–Crippen MR) is 97.1 cm³/mol. The Labute approximate surface area is 172 Å². The molecular formula is C18H28O12. The van der Waals surface area contributed by atoms with Gasteiger partial charge in [-0.05, 0) is 13.3 Å². The fraction of sp³-hybridized carbons (Fsp3) is 0.778. The second kappa shape index (κ2) is 11.2. The van der Waals surface area contributed by atoms with Crippen molar-refractivity contribution in [3.63, 3.8) is 0 Å². The first-order valence-corrected chi connectivity index (χ1v) is 9.24. The molecule has 0 amide bonds. The van der Waals surface area contributed by atoms with E-state index in [2.05, 4.69) is 9.47 Å². The van der Waals surface area contributed by atoms with Gasteiger partial charge in [-0.15, -0.1) is 0 Å². The Kier molecular flexibility index (Phi) is 9.62. The average Bonchev–Trinajstić information content (AvgIpc) is 3.36. The lowest BCUT2D eigenvalue weighted by Gasteiger charge is -2.36. The van der Waals surface area contributed by atoms with E-state index in [4.69, 9.17) is 29.9 Å². The van der Waals surface area contributed by atoms with Gasteiger partial charge in [-0.2, -0.15) is 0 Å². The van der Waals surface area contributed by atoms with E-state index in [0.29, 0.717) is 52.7 Å². The van der Waals surface area contributed by atoms with Crippen LogP contribution in [0.3, 0.4) is 0 Å². The van der Waals surface area contributed by atoms with E-state index >= 15 is 0 Å². The Morgan fingerprint density at radius 3 is 1.30 bits per heavy atom. The third-order valence-electron chi connectivity index (χ3n) is 4.84. The molecule has 4 rings (SSSR count). The number of ether oxygens (including phenoxy) is 4. The zero-order valence-corrected chi connectivity index (χ0v) is 16.9. The summed E-state index contributed by atoms with van der Waals surface area (Å²) in [4.78, 5) is 40.2. The number of carbonyl (C=O) groups is 4. The van der Waals surface area contributed by atoms with Crippen molar-refractivity contribution < 1.29 is 58.6 Å². The molecule has 172 valence electrons. The molecule has 0 radical (unpaired) electrons. The van der Waals surface area contributed by atoms with Gasteiger partial charge in [0.1, 0.15) is 16.7 Å². The maximum Gasteiger partial charge on any atom is 0.335 e. The summed E-state index contributed by atoms with van der Waals surface area (Å²) in [6.07, 6.45) is 0.187. The molecule has 0 bridgehead atoms. The Bertz CT molecular complexity index is 609. The van der Waals surface area contributed by atoms with Gasteiger partial charge in [-0.1, -0.05) is 6.92 Å². The number of hydrogen-bond donors (Lipinski definition) is 4. The van der Waals surface area contributed by atoms with E-state index in [9.17, 15) is 19.2 Å². The van der Waals surface area contributed by atoms with Crippen molar-refractivity contribution in [2.45, 2.75) is 26.4 Å². The predicted octanol–water partition coefficient (Wildman–Crippen LogP) is -0.208. The van der Waals surface area contributed by atoms with Crippen LogP contribution >= 0.6 is 0 Å². The van der Waals surface area contributed by atoms with Crippen LogP contribution in [0.1, 0.15) is 20.3 Å². The minimum atomic E-state index is -0.852. The van der Waals surface area contributed by atoms with E-state index in [0.717, 1.165) is 0 Å². The topological polar surface area (TPSA) is 189 Å². The zero-order valence-electron chi connectivity index (χ0n) is 16.9. The summed E-state index contributed by atoms with van der Waals surface area (Å²) in [6, 6.07) is 0. The maximum absolute atomic E-state index is 10.5. The first kappa shape index (κ1) is 25.8. The molecule has 0 aromatic rings. The van der Waals surface area contributed by atoms with Crippen molar-refractivity contribution in [2.24, 2.45) is 16.7 Å². The maximum atomic E-state index is 10.5. The number of carboxylic acid groups (broad SMARTS) is 4. The molecular weight excluding hydrogens is 408 g/mol. The Morgan fingerprint density at radius 1 is 0.800 bits per heavy atom. The molecule has 4 fully saturated rings. The molecule has 12 nitrogen and oxygen atoms in total. The van der Waals surface area contributed by atoms with Gasteiger partial charge in [0.05, 0.1) is 46.2 Å². The lowest BCUT2D eigenvalue weighted by Crippen LogP contribution is -2.48. The van der Waals surface area contributed by atoms with Crippen molar-refractivity contribution in [3.8, 4) is 0 Å². The molecule has 4 aliphatic rings. The van der Waals surface area contributed by atoms with Crippen molar-refractivity contribution in [1.29, 1.82) is 0 Å². The molecule has 12 heteroatoms. The van der Waals surface area contributed by atoms with Crippen molar-refractivity contribution >= 4 is 23.9 Å². The Balaban J connectivity index is 0.000000202. The summed E-state index contributed by atoms with van der Waals surface area (Å²) < 4.78 is 18.5. The molecule has 0 saturated carbocycles. The molecule has 0 aromatic heterocycles. The molecule has 4 heterocycles. The molecule has 30 heavy (non-hydrogen) atoms. The van der Waals surface area contributed by atoms with E-state index < -0.39 is 40.8 Å². The summed E-state index contributed by atoms with van der Waals surface area (Å²) in [7, 11) is 0. The number of aliphatic carboxylic acids is 4. The molecule has 4 aliphatic heterocycles. The summed E-state index contributed by atoms with van der Waals surface area (Å²) >= 11 is 0. The normalized spacial score (nSPS) is 24.1. The molecule has 0 spiro atoms. The number of rotatable bonds is 5. The minimum Gasteiger partial charge on any atom is -0.481 e. The highest BCUT2D eigenvalue weighted by Gasteiger charge is 2.44. The van der Waals surface area contributed by atoms with Gasteiger partial charge in [0, 0.05) is 0 Å². The van der Waals surface area contributed by atoms with Gasteiger partial charge in [0.15, 0.2) is 6.10 Å². The van der Waals surface area contributed by atoms with Crippen LogP contribution in [0.5, 0.6) is 0 Å². The van der Waals surface area contributed by atoms with Crippen LogP contribution in [-0.2, 0) is 38.1 Å². The molecule has 1 atom stereocenters. The second-order valence-corrected chi connectivity index (χ2v) is 7.52. The van der Waals surface area contributed by atoms with E-state index in [1.807, 2.05) is 6.92 Å². The fourth-order valence-corrected chi connectivity index (χ4v) is 1.93. The minimum absolute atomic E-state index is 0.222. The summed E-state index contributed by atoms with van der Waals surface area (Å²) in [5.74, 6) is -3.30. The standard InChI is InChI=1S/C6H10O3.C5H8O3.C4H6O3.C3H4O3/c1-2-6(5(7)8)3-9-4-6;1-5(4(6)7)2-8-3-5;5-4(6)3-1-7-2-3;4-3(5)2-1-6-2/h2-4H2,1H3,(H,7,8);2-3H2,1H3,(H,6,7);3H,1-2H2,(H,5,6);2H,1H2,(H,4,5). The molecule has 4 saturated heterocycles. The quantitative estimate of drug-likeness (QED) is 0.416. The molecule has 0 aliphatic carbocycles. The number of epoxide rings is 1. The zero-order chi connectivity index (χ0) is 22.9. The summed E-state index contributed by atoms with van der Waals surface area (Å²) in [6.45, 7) is 6.25. The molecule has 4 N–H and O–H groups in total. The largest absolute Gasteiger partial charge is 0.481 e. The van der Waals surface area contributed by atoms with Crippen LogP contribution in [0.2, 0.25) is 0 Å². The van der Waals surface area contributed by atoms with Gasteiger partial charge in [-0.3, -0.25) is 14.4 Å². The van der Waals surface area contributed by atoms with Crippen molar-refractivity contribution in [1.82, 2.24) is 0 Å². The van der Waals surface area contributed by atoms with Gasteiger partial charge < -0.3 is 39.4 Å². The van der Waals surface area contributed by atoms with Crippen LogP contribution in [0, 0.1) is 16.7 Å². The average molecular weight is 436 g/mol. The fourth-order valence-electron chi connectivity index (χ4n) is 1.93. The van der Waals surface area contributed by atoms with Crippen LogP contribution in [0.15, 0.2) is 0 Å². The second-order valence-electron chi connectivity index (χ2n) is 7.52. The highest BCUT2D eigenvalue weighted by atomic mass is 16.6. The van der Waals surface area contributed by atoms with Gasteiger partial charge in [-0.25, -0.2) is 4.79 Å². The lowest BCUT2D eigenvalue weighted by molar-refractivity contribution is -0.180. The van der Waals surface area contributed by atoms with Gasteiger partial charge in [0.25, 0.3) is 0 Å².